The molecule has 1 aliphatic rings. The maximum absolute atomic E-state index is 4.96. The molecule has 0 atom stereocenters. The van der Waals surface area contributed by atoms with E-state index in [2.05, 4.69) is 78.2 Å². The van der Waals surface area contributed by atoms with Gasteiger partial charge in [0.15, 0.2) is 0 Å². The van der Waals surface area contributed by atoms with Gasteiger partial charge in [0, 0.05) is 37.3 Å². The maximum atomic E-state index is 4.96. The van der Waals surface area contributed by atoms with E-state index in [1.165, 1.54) is 22.2 Å². The number of pyridine rings is 1. The van der Waals surface area contributed by atoms with Crippen LogP contribution in [0.4, 0.5) is 11.5 Å². The number of hydrogen-bond acceptors (Lipinski definition) is 3. The number of piperazine rings is 1. The molecule has 0 spiro atoms. The number of anilines is 2. The summed E-state index contributed by atoms with van der Waals surface area (Å²) >= 11 is 0. The minimum absolute atomic E-state index is 1.01. The van der Waals surface area contributed by atoms with E-state index in [0.29, 0.717) is 0 Å². The molecule has 1 aromatic heterocycles. The van der Waals surface area contributed by atoms with Crippen LogP contribution in [0.25, 0.3) is 10.9 Å². The number of benzene rings is 2. The fourth-order valence-corrected chi connectivity index (χ4v) is 3.51. The van der Waals surface area contributed by atoms with Gasteiger partial charge in [0.2, 0.25) is 0 Å². The quantitative estimate of drug-likeness (QED) is 0.707. The molecule has 122 valence electrons. The Morgan fingerprint density at radius 2 is 1.50 bits per heavy atom. The SMILES string of the molecule is Cc1ccc2cc(C)c(N3CCN(c4ccccc4)CC3)nc2c1. The summed E-state index contributed by atoms with van der Waals surface area (Å²) in [6.45, 7) is 8.40. The standard InChI is InChI=1S/C21H23N3/c1-16-8-9-18-15-17(2)21(22-20(18)14-16)24-12-10-23(11-13-24)19-6-4-3-5-7-19/h3-9,14-15H,10-13H2,1-2H3. The van der Waals surface area contributed by atoms with Crippen LogP contribution in [0.15, 0.2) is 54.6 Å². The normalized spacial score (nSPS) is 15.1. The van der Waals surface area contributed by atoms with E-state index < -0.39 is 0 Å². The van der Waals surface area contributed by atoms with Gasteiger partial charge in [-0.1, -0.05) is 30.3 Å². The Labute approximate surface area is 143 Å². The van der Waals surface area contributed by atoms with Gasteiger partial charge >= 0.3 is 0 Å². The van der Waals surface area contributed by atoms with Crippen molar-refractivity contribution in [2.24, 2.45) is 0 Å². The molecule has 2 aromatic carbocycles. The number of aryl methyl sites for hydroxylation is 2. The minimum atomic E-state index is 1.01. The van der Waals surface area contributed by atoms with Gasteiger partial charge in [-0.05, 0) is 49.2 Å². The fraction of sp³-hybridized carbons (Fsp3) is 0.286. The van der Waals surface area contributed by atoms with Gasteiger partial charge in [0.05, 0.1) is 5.52 Å². The van der Waals surface area contributed by atoms with E-state index in [4.69, 9.17) is 4.98 Å². The van der Waals surface area contributed by atoms with Crippen molar-refractivity contribution in [2.45, 2.75) is 13.8 Å². The van der Waals surface area contributed by atoms with Crippen LogP contribution in [0.3, 0.4) is 0 Å². The van der Waals surface area contributed by atoms with Gasteiger partial charge in [-0.15, -0.1) is 0 Å². The van der Waals surface area contributed by atoms with Crippen molar-refractivity contribution in [2.75, 3.05) is 36.0 Å². The summed E-state index contributed by atoms with van der Waals surface area (Å²) in [5.41, 5.74) is 4.94. The van der Waals surface area contributed by atoms with Crippen molar-refractivity contribution < 1.29 is 0 Å². The van der Waals surface area contributed by atoms with E-state index >= 15 is 0 Å². The van der Waals surface area contributed by atoms with Gasteiger partial charge in [-0.2, -0.15) is 0 Å². The molecule has 0 saturated carbocycles. The first-order chi connectivity index (χ1) is 11.7. The van der Waals surface area contributed by atoms with E-state index in [1.54, 1.807) is 0 Å². The van der Waals surface area contributed by atoms with Crippen LogP contribution in [0.2, 0.25) is 0 Å². The Morgan fingerprint density at radius 1 is 0.792 bits per heavy atom. The third-order valence-corrected chi connectivity index (χ3v) is 4.84. The third kappa shape index (κ3) is 2.82. The molecule has 3 heteroatoms. The van der Waals surface area contributed by atoms with Gasteiger partial charge in [0.1, 0.15) is 5.82 Å². The summed E-state index contributed by atoms with van der Waals surface area (Å²) in [6.07, 6.45) is 0. The molecule has 2 heterocycles. The number of hydrogen-bond donors (Lipinski definition) is 0. The lowest BCUT2D eigenvalue weighted by atomic mass is 10.1. The molecule has 1 fully saturated rings. The first-order valence-corrected chi connectivity index (χ1v) is 8.64. The van der Waals surface area contributed by atoms with Crippen molar-refractivity contribution >= 4 is 22.4 Å². The van der Waals surface area contributed by atoms with Crippen molar-refractivity contribution in [1.82, 2.24) is 4.98 Å². The van der Waals surface area contributed by atoms with Crippen LogP contribution in [0.5, 0.6) is 0 Å². The molecule has 0 amide bonds. The Kier molecular flexibility index (Phi) is 3.85. The lowest BCUT2D eigenvalue weighted by Gasteiger charge is -2.37. The smallest absolute Gasteiger partial charge is 0.132 e. The molecule has 3 nitrogen and oxygen atoms in total. The first-order valence-electron chi connectivity index (χ1n) is 8.64. The minimum Gasteiger partial charge on any atom is -0.368 e. The molecule has 0 unspecified atom stereocenters. The van der Waals surface area contributed by atoms with E-state index in [0.717, 1.165) is 37.5 Å². The molecule has 0 N–H and O–H groups in total. The molecule has 0 radical (unpaired) electrons. The second kappa shape index (κ2) is 6.16. The van der Waals surface area contributed by atoms with Crippen LogP contribution in [0.1, 0.15) is 11.1 Å². The van der Waals surface area contributed by atoms with Crippen molar-refractivity contribution in [1.29, 1.82) is 0 Å². The van der Waals surface area contributed by atoms with Crippen LogP contribution in [-0.2, 0) is 0 Å². The summed E-state index contributed by atoms with van der Waals surface area (Å²) in [4.78, 5) is 9.85. The number of para-hydroxylation sites is 1. The monoisotopic (exact) mass is 317 g/mol. The topological polar surface area (TPSA) is 19.4 Å². The lowest BCUT2D eigenvalue weighted by Crippen LogP contribution is -2.47. The van der Waals surface area contributed by atoms with Gasteiger partial charge in [-0.25, -0.2) is 4.98 Å². The summed E-state index contributed by atoms with van der Waals surface area (Å²) < 4.78 is 0. The summed E-state index contributed by atoms with van der Waals surface area (Å²) in [7, 11) is 0. The average molecular weight is 317 g/mol. The Morgan fingerprint density at radius 3 is 2.25 bits per heavy atom. The summed E-state index contributed by atoms with van der Waals surface area (Å²) in [5, 5.41) is 1.23. The number of nitrogens with zero attached hydrogens (tertiary/aromatic N) is 3. The molecule has 1 aliphatic heterocycles. The zero-order valence-electron chi connectivity index (χ0n) is 14.4. The molecule has 24 heavy (non-hydrogen) atoms. The Bertz CT molecular complexity index is 850. The number of rotatable bonds is 2. The highest BCUT2D eigenvalue weighted by molar-refractivity contribution is 5.82. The highest BCUT2D eigenvalue weighted by Crippen LogP contribution is 2.25. The van der Waals surface area contributed by atoms with Crippen LogP contribution >= 0.6 is 0 Å². The lowest BCUT2D eigenvalue weighted by molar-refractivity contribution is 0.647. The maximum Gasteiger partial charge on any atom is 0.132 e. The van der Waals surface area contributed by atoms with Crippen molar-refractivity contribution in [3.8, 4) is 0 Å². The van der Waals surface area contributed by atoms with E-state index in [9.17, 15) is 0 Å². The molecule has 3 aromatic rings. The highest BCUT2D eigenvalue weighted by atomic mass is 15.3. The molecule has 1 saturated heterocycles. The van der Waals surface area contributed by atoms with Crippen LogP contribution < -0.4 is 9.80 Å². The molecule has 4 rings (SSSR count). The van der Waals surface area contributed by atoms with E-state index in [1.807, 2.05) is 0 Å². The number of aromatic nitrogens is 1. The molecule has 0 bridgehead atoms. The molecule has 0 aliphatic carbocycles. The highest BCUT2D eigenvalue weighted by Gasteiger charge is 2.20. The van der Waals surface area contributed by atoms with Gasteiger partial charge < -0.3 is 9.80 Å². The van der Waals surface area contributed by atoms with Crippen LogP contribution in [0, 0.1) is 13.8 Å². The molecular formula is C21H23N3. The predicted molar refractivity (Wildman–Crippen MR) is 102 cm³/mol. The summed E-state index contributed by atoms with van der Waals surface area (Å²) in [5.74, 6) is 1.14. The summed E-state index contributed by atoms with van der Waals surface area (Å²) in [6, 6.07) is 19.4. The second-order valence-electron chi connectivity index (χ2n) is 6.63. The zero-order valence-corrected chi connectivity index (χ0v) is 14.4. The zero-order chi connectivity index (χ0) is 16.5. The average Bonchev–Trinajstić information content (AvgIpc) is 2.62. The van der Waals surface area contributed by atoms with Gasteiger partial charge in [0.25, 0.3) is 0 Å². The predicted octanol–water partition coefficient (Wildman–Crippen LogP) is 4.18. The third-order valence-electron chi connectivity index (χ3n) is 4.84. The Balaban J connectivity index is 1.57. The molecular weight excluding hydrogens is 294 g/mol. The first kappa shape index (κ1) is 15.0. The van der Waals surface area contributed by atoms with Crippen LogP contribution in [-0.4, -0.2) is 31.2 Å². The fourth-order valence-electron chi connectivity index (χ4n) is 3.51. The van der Waals surface area contributed by atoms with Gasteiger partial charge in [-0.3, -0.25) is 0 Å². The Hall–Kier alpha value is -2.55. The van der Waals surface area contributed by atoms with Crippen molar-refractivity contribution in [3.63, 3.8) is 0 Å². The van der Waals surface area contributed by atoms with Crippen molar-refractivity contribution in [3.05, 3.63) is 65.7 Å². The van der Waals surface area contributed by atoms with E-state index in [-0.39, 0.29) is 0 Å². The largest absolute Gasteiger partial charge is 0.368 e. The number of fused-ring (bicyclic) bond motifs is 1. The second-order valence-corrected chi connectivity index (χ2v) is 6.63.